The van der Waals surface area contributed by atoms with Crippen molar-refractivity contribution in [2.45, 2.75) is 19.3 Å². The molecule has 0 aliphatic rings. The van der Waals surface area contributed by atoms with E-state index in [0.29, 0.717) is 25.2 Å². The lowest BCUT2D eigenvalue weighted by molar-refractivity contribution is -0.384. The summed E-state index contributed by atoms with van der Waals surface area (Å²) in [5.41, 5.74) is 1.59. The number of amides is 1. The van der Waals surface area contributed by atoms with Crippen molar-refractivity contribution < 1.29 is 19.2 Å². The number of nitrogens with zero attached hydrogens (tertiary/aromatic N) is 1. The predicted molar refractivity (Wildman–Crippen MR) is 105 cm³/mol. The fraction of sp³-hybridized carbons (Fsp3) is 0.300. The third-order valence-corrected chi connectivity index (χ3v) is 4.09. The number of nitrogens with one attached hydrogen (secondary N) is 2. The lowest BCUT2D eigenvalue weighted by atomic mass is 9.97. The minimum atomic E-state index is -0.466. The Hall–Kier alpha value is -3.42. The lowest BCUT2D eigenvalue weighted by Gasteiger charge is -2.14. The van der Waals surface area contributed by atoms with Gasteiger partial charge in [0, 0.05) is 30.9 Å². The van der Waals surface area contributed by atoms with Crippen molar-refractivity contribution in [1.29, 1.82) is 0 Å². The quantitative estimate of drug-likeness (QED) is 0.282. The largest absolute Gasteiger partial charge is 0.455 e. The van der Waals surface area contributed by atoms with Gasteiger partial charge in [-0.1, -0.05) is 37.3 Å². The first-order valence-corrected chi connectivity index (χ1v) is 8.98. The molecule has 0 spiro atoms. The van der Waals surface area contributed by atoms with E-state index in [2.05, 4.69) is 10.6 Å². The van der Waals surface area contributed by atoms with Crippen LogP contribution in [0.4, 0.5) is 11.4 Å². The highest BCUT2D eigenvalue weighted by Gasteiger charge is 2.20. The number of carbonyl (C=O) groups excluding carboxylic acids is 2. The molecule has 0 aromatic heterocycles. The van der Waals surface area contributed by atoms with Crippen molar-refractivity contribution in [1.82, 2.24) is 5.32 Å². The van der Waals surface area contributed by atoms with Crippen LogP contribution < -0.4 is 10.6 Å². The van der Waals surface area contributed by atoms with Gasteiger partial charge in [-0.3, -0.25) is 19.7 Å². The summed E-state index contributed by atoms with van der Waals surface area (Å²) in [6.45, 7) is 2.31. The third-order valence-electron chi connectivity index (χ3n) is 4.09. The van der Waals surface area contributed by atoms with Crippen molar-refractivity contribution in [3.05, 3.63) is 70.3 Å². The van der Waals surface area contributed by atoms with Crippen LogP contribution in [0.5, 0.6) is 0 Å². The summed E-state index contributed by atoms with van der Waals surface area (Å²) in [5, 5.41) is 16.3. The number of hydrogen-bond acceptors (Lipinski definition) is 6. The maximum Gasteiger partial charge on any atom is 0.313 e. The zero-order valence-corrected chi connectivity index (χ0v) is 15.6. The second-order valence-corrected chi connectivity index (χ2v) is 6.06. The fourth-order valence-corrected chi connectivity index (χ4v) is 2.62. The molecule has 0 heterocycles. The van der Waals surface area contributed by atoms with Gasteiger partial charge < -0.3 is 15.4 Å². The van der Waals surface area contributed by atoms with Crippen LogP contribution in [0.15, 0.2) is 54.6 Å². The molecule has 2 N–H and O–H groups in total. The first-order chi connectivity index (χ1) is 13.5. The van der Waals surface area contributed by atoms with E-state index < -0.39 is 16.8 Å². The predicted octanol–water partition coefficient (Wildman–Crippen LogP) is 2.86. The van der Waals surface area contributed by atoms with E-state index in [0.717, 1.165) is 5.56 Å². The number of rotatable bonds is 10. The maximum absolute atomic E-state index is 12.2. The molecule has 2 aromatic carbocycles. The summed E-state index contributed by atoms with van der Waals surface area (Å²) in [6.07, 6.45) is 0.587. The monoisotopic (exact) mass is 385 g/mol. The van der Waals surface area contributed by atoms with Gasteiger partial charge in [0.1, 0.15) is 0 Å². The number of anilines is 1. The molecule has 0 bridgehead atoms. The number of nitro benzene ring substituents is 1. The van der Waals surface area contributed by atoms with Crippen molar-refractivity contribution in [2.75, 3.05) is 25.0 Å². The summed E-state index contributed by atoms with van der Waals surface area (Å²) in [7, 11) is 0. The zero-order chi connectivity index (χ0) is 20.4. The highest BCUT2D eigenvalue weighted by atomic mass is 16.6. The van der Waals surface area contributed by atoms with Crippen LogP contribution in [0.1, 0.15) is 24.8 Å². The first-order valence-electron chi connectivity index (χ1n) is 8.98. The number of esters is 1. The Morgan fingerprint density at radius 2 is 1.75 bits per heavy atom. The van der Waals surface area contributed by atoms with Crippen molar-refractivity contribution in [3.63, 3.8) is 0 Å². The van der Waals surface area contributed by atoms with Crippen molar-refractivity contribution >= 4 is 23.3 Å². The molecule has 0 unspecified atom stereocenters. The van der Waals surface area contributed by atoms with Crippen LogP contribution in [0.25, 0.3) is 0 Å². The highest BCUT2D eigenvalue weighted by Crippen LogP contribution is 2.20. The van der Waals surface area contributed by atoms with E-state index >= 15 is 0 Å². The zero-order valence-electron chi connectivity index (χ0n) is 15.6. The maximum atomic E-state index is 12.2. The Balaban J connectivity index is 1.68. The number of carbonyl (C=O) groups is 2. The Morgan fingerprint density at radius 1 is 1.07 bits per heavy atom. The molecule has 1 amide bonds. The van der Waals surface area contributed by atoms with Gasteiger partial charge in [-0.15, -0.1) is 0 Å². The third kappa shape index (κ3) is 6.39. The molecular weight excluding hydrogens is 362 g/mol. The smallest absolute Gasteiger partial charge is 0.313 e. The molecule has 2 rings (SSSR count). The average molecular weight is 385 g/mol. The minimum Gasteiger partial charge on any atom is -0.455 e. The van der Waals surface area contributed by atoms with Crippen molar-refractivity contribution in [3.8, 4) is 0 Å². The molecule has 28 heavy (non-hydrogen) atoms. The van der Waals surface area contributed by atoms with Crippen LogP contribution in [0, 0.1) is 10.1 Å². The molecule has 0 fully saturated rings. The van der Waals surface area contributed by atoms with E-state index in [-0.39, 0.29) is 18.2 Å². The number of hydrogen-bond donors (Lipinski definition) is 2. The van der Waals surface area contributed by atoms with Crippen molar-refractivity contribution in [2.24, 2.45) is 0 Å². The van der Waals surface area contributed by atoms with Crippen LogP contribution in [-0.4, -0.2) is 36.5 Å². The van der Waals surface area contributed by atoms with Crippen LogP contribution in [0.2, 0.25) is 0 Å². The summed E-state index contributed by atoms with van der Waals surface area (Å²) in [4.78, 5) is 34.2. The van der Waals surface area contributed by atoms with Crippen LogP contribution >= 0.6 is 0 Å². The van der Waals surface area contributed by atoms with Gasteiger partial charge in [0.15, 0.2) is 6.61 Å². The number of ether oxygens (including phenoxy) is 1. The van der Waals surface area contributed by atoms with Gasteiger partial charge in [0.05, 0.1) is 10.8 Å². The fourth-order valence-electron chi connectivity index (χ4n) is 2.62. The lowest BCUT2D eigenvalue weighted by Crippen LogP contribution is -2.33. The first kappa shape index (κ1) is 20.9. The topological polar surface area (TPSA) is 111 Å². The van der Waals surface area contributed by atoms with Crippen LogP contribution in [-0.2, 0) is 14.3 Å². The molecule has 0 radical (unpaired) electrons. The highest BCUT2D eigenvalue weighted by molar-refractivity contribution is 5.83. The molecule has 148 valence electrons. The molecule has 0 aliphatic heterocycles. The number of benzene rings is 2. The molecule has 1 atom stereocenters. The van der Waals surface area contributed by atoms with E-state index in [9.17, 15) is 19.7 Å². The Morgan fingerprint density at radius 3 is 2.36 bits per heavy atom. The Kier molecular flexibility index (Phi) is 7.95. The van der Waals surface area contributed by atoms with Gasteiger partial charge in [-0.25, -0.2) is 0 Å². The standard InChI is InChI=1S/C20H23N3O5/c1-2-18(15-6-4-3-5-7-15)20(25)28-14-19(24)22-13-12-21-16-8-10-17(11-9-16)23(26)27/h3-11,18,21H,2,12-14H2,1H3,(H,22,24)/t18-/m0/s1. The van der Waals surface area contributed by atoms with Gasteiger partial charge >= 0.3 is 5.97 Å². The van der Waals surface area contributed by atoms with Gasteiger partial charge in [-0.2, -0.15) is 0 Å². The van der Waals surface area contributed by atoms with Crippen LogP contribution in [0.3, 0.4) is 0 Å². The van der Waals surface area contributed by atoms with Gasteiger partial charge in [0.2, 0.25) is 0 Å². The molecule has 0 saturated heterocycles. The van der Waals surface area contributed by atoms with E-state index in [4.69, 9.17) is 4.74 Å². The summed E-state index contributed by atoms with van der Waals surface area (Å²) >= 11 is 0. The molecular formula is C20H23N3O5. The number of nitro groups is 1. The Bertz CT molecular complexity index is 793. The minimum absolute atomic E-state index is 0.0153. The summed E-state index contributed by atoms with van der Waals surface area (Å²) < 4.78 is 5.13. The Labute approximate surface area is 163 Å². The van der Waals surface area contributed by atoms with E-state index in [1.54, 1.807) is 12.1 Å². The normalized spacial score (nSPS) is 11.3. The summed E-state index contributed by atoms with van der Waals surface area (Å²) in [5.74, 6) is -1.20. The molecule has 8 nitrogen and oxygen atoms in total. The van der Waals surface area contributed by atoms with Gasteiger partial charge in [-0.05, 0) is 24.1 Å². The molecule has 2 aromatic rings. The average Bonchev–Trinajstić information content (AvgIpc) is 2.71. The SMILES string of the molecule is CC[C@H](C(=O)OCC(=O)NCCNc1ccc([N+](=O)[O-])cc1)c1ccccc1. The second-order valence-electron chi connectivity index (χ2n) is 6.06. The number of non-ortho nitro benzene ring substituents is 1. The summed E-state index contributed by atoms with van der Waals surface area (Å²) in [6, 6.07) is 15.3. The van der Waals surface area contributed by atoms with E-state index in [1.165, 1.54) is 12.1 Å². The van der Waals surface area contributed by atoms with Gasteiger partial charge in [0.25, 0.3) is 11.6 Å². The second kappa shape index (κ2) is 10.7. The van der Waals surface area contributed by atoms with E-state index in [1.807, 2.05) is 37.3 Å². The molecule has 8 heteroatoms. The molecule has 0 saturated carbocycles. The molecule has 0 aliphatic carbocycles.